The van der Waals surface area contributed by atoms with Crippen molar-refractivity contribution in [1.29, 1.82) is 0 Å². The predicted octanol–water partition coefficient (Wildman–Crippen LogP) is 2.42. The van der Waals surface area contributed by atoms with Gasteiger partial charge in [-0.2, -0.15) is 4.72 Å². The molecule has 1 saturated carbocycles. The Morgan fingerprint density at radius 2 is 1.95 bits per heavy atom. The third-order valence-corrected chi connectivity index (χ3v) is 5.59. The number of rotatable bonds is 4. The van der Waals surface area contributed by atoms with Gasteiger partial charge < -0.3 is 5.11 Å². The van der Waals surface area contributed by atoms with Crippen molar-refractivity contribution in [3.05, 3.63) is 28.0 Å². The van der Waals surface area contributed by atoms with Gasteiger partial charge in [0, 0.05) is 0 Å². The Balaban J connectivity index is 2.42. The fraction of sp³-hybridized carbons (Fsp3) is 0.364. The summed E-state index contributed by atoms with van der Waals surface area (Å²) in [5.74, 6) is -2.33. The van der Waals surface area contributed by atoms with Crippen LogP contribution in [0.2, 0.25) is 10.0 Å². The smallest absolute Gasteiger partial charge is 0.324 e. The van der Waals surface area contributed by atoms with E-state index in [-0.39, 0.29) is 17.9 Å². The standard InChI is InChI=1S/C11H10Cl2FNO4S/c12-6-2-3-7(8(13)9(6)14)20(18,19)15-11(10(16)17)4-1-5-11/h2-3,15H,1,4-5H2,(H,16,17). The molecule has 0 aromatic heterocycles. The maximum Gasteiger partial charge on any atom is 0.324 e. The Morgan fingerprint density at radius 1 is 1.35 bits per heavy atom. The maximum atomic E-state index is 13.5. The average Bonchev–Trinajstić information content (AvgIpc) is 2.30. The summed E-state index contributed by atoms with van der Waals surface area (Å²) in [5.41, 5.74) is -1.54. The van der Waals surface area contributed by atoms with Gasteiger partial charge in [-0.3, -0.25) is 4.79 Å². The van der Waals surface area contributed by atoms with Crippen molar-refractivity contribution in [2.75, 3.05) is 0 Å². The molecule has 5 nitrogen and oxygen atoms in total. The molecular formula is C11H10Cl2FNO4S. The van der Waals surface area contributed by atoms with Crippen LogP contribution in [0, 0.1) is 5.82 Å². The van der Waals surface area contributed by atoms with Crippen molar-refractivity contribution >= 4 is 39.2 Å². The molecule has 0 atom stereocenters. The molecule has 0 amide bonds. The average molecular weight is 342 g/mol. The molecule has 1 fully saturated rings. The van der Waals surface area contributed by atoms with Gasteiger partial charge in [0.15, 0.2) is 5.82 Å². The number of nitrogens with one attached hydrogen (secondary N) is 1. The minimum absolute atomic E-state index is 0.176. The van der Waals surface area contributed by atoms with Gasteiger partial charge in [0.2, 0.25) is 10.0 Å². The van der Waals surface area contributed by atoms with Crippen molar-refractivity contribution in [3.63, 3.8) is 0 Å². The Labute approximate surface area is 124 Å². The number of carboxylic acids is 1. The van der Waals surface area contributed by atoms with Crippen LogP contribution in [0.5, 0.6) is 0 Å². The normalized spacial score (nSPS) is 17.6. The number of hydrogen-bond donors (Lipinski definition) is 2. The highest BCUT2D eigenvalue weighted by atomic mass is 35.5. The number of sulfonamides is 1. The molecule has 0 bridgehead atoms. The van der Waals surface area contributed by atoms with Crippen LogP contribution >= 0.6 is 23.2 Å². The molecule has 2 rings (SSSR count). The molecule has 1 aliphatic rings. The quantitative estimate of drug-likeness (QED) is 0.823. The van der Waals surface area contributed by atoms with Gasteiger partial charge in [0.05, 0.1) is 10.0 Å². The predicted molar refractivity (Wildman–Crippen MR) is 71.0 cm³/mol. The van der Waals surface area contributed by atoms with Crippen molar-refractivity contribution in [3.8, 4) is 0 Å². The number of carboxylic acid groups (broad SMARTS) is 1. The topological polar surface area (TPSA) is 83.5 Å². The molecule has 110 valence electrons. The SMILES string of the molecule is O=C(O)C1(NS(=O)(=O)c2ccc(Cl)c(F)c2Cl)CCC1. The second-order valence-electron chi connectivity index (χ2n) is 4.52. The summed E-state index contributed by atoms with van der Waals surface area (Å²) in [5, 5.41) is 8.13. The van der Waals surface area contributed by atoms with Crippen LogP contribution in [0.3, 0.4) is 0 Å². The van der Waals surface area contributed by atoms with E-state index >= 15 is 0 Å². The molecule has 1 aliphatic carbocycles. The minimum Gasteiger partial charge on any atom is -0.480 e. The first-order valence-corrected chi connectivity index (χ1v) is 7.84. The second-order valence-corrected chi connectivity index (χ2v) is 6.96. The van der Waals surface area contributed by atoms with Gasteiger partial charge >= 0.3 is 5.97 Å². The van der Waals surface area contributed by atoms with Crippen molar-refractivity contribution in [1.82, 2.24) is 4.72 Å². The largest absolute Gasteiger partial charge is 0.480 e. The van der Waals surface area contributed by atoms with E-state index < -0.39 is 37.3 Å². The molecule has 0 aliphatic heterocycles. The van der Waals surface area contributed by atoms with Gasteiger partial charge in [0.25, 0.3) is 0 Å². The lowest BCUT2D eigenvalue weighted by molar-refractivity contribution is -0.147. The zero-order valence-electron chi connectivity index (χ0n) is 9.99. The van der Waals surface area contributed by atoms with Crippen molar-refractivity contribution < 1.29 is 22.7 Å². The number of aliphatic carboxylic acids is 1. The molecule has 20 heavy (non-hydrogen) atoms. The molecule has 0 heterocycles. The monoisotopic (exact) mass is 341 g/mol. The van der Waals surface area contributed by atoms with Crippen LogP contribution in [0.1, 0.15) is 19.3 Å². The Kier molecular flexibility index (Phi) is 3.98. The fourth-order valence-electron chi connectivity index (χ4n) is 1.92. The van der Waals surface area contributed by atoms with Crippen LogP contribution in [0.25, 0.3) is 0 Å². The first-order chi connectivity index (χ1) is 9.19. The Morgan fingerprint density at radius 3 is 2.40 bits per heavy atom. The van der Waals surface area contributed by atoms with E-state index in [1.807, 2.05) is 0 Å². The highest BCUT2D eigenvalue weighted by molar-refractivity contribution is 7.89. The van der Waals surface area contributed by atoms with E-state index in [4.69, 9.17) is 28.3 Å². The van der Waals surface area contributed by atoms with Crippen LogP contribution in [-0.4, -0.2) is 25.0 Å². The number of benzene rings is 1. The lowest BCUT2D eigenvalue weighted by Crippen LogP contribution is -2.58. The van der Waals surface area contributed by atoms with E-state index in [1.165, 1.54) is 0 Å². The van der Waals surface area contributed by atoms with Crippen LogP contribution < -0.4 is 4.72 Å². The van der Waals surface area contributed by atoms with E-state index in [0.29, 0.717) is 6.42 Å². The van der Waals surface area contributed by atoms with Gasteiger partial charge in [-0.1, -0.05) is 23.2 Å². The minimum atomic E-state index is -4.26. The van der Waals surface area contributed by atoms with E-state index in [2.05, 4.69) is 4.72 Å². The summed E-state index contributed by atoms with van der Waals surface area (Å²) in [6.45, 7) is 0. The third-order valence-electron chi connectivity index (χ3n) is 3.24. The lowest BCUT2D eigenvalue weighted by atomic mass is 9.78. The number of carbonyl (C=O) groups is 1. The van der Waals surface area contributed by atoms with E-state index in [9.17, 15) is 17.6 Å². The molecule has 9 heteroatoms. The summed E-state index contributed by atoms with van der Waals surface area (Å²) >= 11 is 11.1. The third kappa shape index (κ3) is 2.50. The van der Waals surface area contributed by atoms with Crippen LogP contribution in [0.4, 0.5) is 4.39 Å². The van der Waals surface area contributed by atoms with Crippen LogP contribution in [0.15, 0.2) is 17.0 Å². The lowest BCUT2D eigenvalue weighted by Gasteiger charge is -2.37. The molecule has 1 aromatic carbocycles. The van der Waals surface area contributed by atoms with Crippen LogP contribution in [-0.2, 0) is 14.8 Å². The summed E-state index contributed by atoms with van der Waals surface area (Å²) in [6.07, 6.45) is 0.946. The molecule has 0 saturated heterocycles. The molecule has 0 spiro atoms. The highest BCUT2D eigenvalue weighted by Crippen LogP contribution is 2.35. The van der Waals surface area contributed by atoms with E-state index in [0.717, 1.165) is 12.1 Å². The molecule has 1 aromatic rings. The summed E-state index contributed by atoms with van der Waals surface area (Å²) in [7, 11) is -4.26. The zero-order chi connectivity index (χ0) is 15.1. The Bertz CT molecular complexity index is 673. The van der Waals surface area contributed by atoms with Gasteiger partial charge in [-0.25, -0.2) is 12.8 Å². The molecule has 2 N–H and O–H groups in total. The van der Waals surface area contributed by atoms with Gasteiger partial charge in [-0.15, -0.1) is 0 Å². The number of hydrogen-bond acceptors (Lipinski definition) is 3. The van der Waals surface area contributed by atoms with Crippen molar-refractivity contribution in [2.24, 2.45) is 0 Å². The zero-order valence-corrected chi connectivity index (χ0v) is 12.3. The summed E-state index contributed by atoms with van der Waals surface area (Å²) < 4.78 is 39.9. The molecule has 0 unspecified atom stereocenters. The summed E-state index contributed by atoms with van der Waals surface area (Å²) in [4.78, 5) is 10.6. The first kappa shape index (κ1) is 15.5. The van der Waals surface area contributed by atoms with Crippen molar-refractivity contribution in [2.45, 2.75) is 29.7 Å². The fourth-order valence-corrected chi connectivity index (χ4v) is 4.08. The first-order valence-electron chi connectivity index (χ1n) is 5.60. The van der Waals surface area contributed by atoms with Gasteiger partial charge in [0.1, 0.15) is 10.4 Å². The summed E-state index contributed by atoms with van der Waals surface area (Å²) in [6, 6.07) is 2.08. The van der Waals surface area contributed by atoms with E-state index in [1.54, 1.807) is 0 Å². The highest BCUT2D eigenvalue weighted by Gasteiger charge is 2.48. The molecule has 0 radical (unpaired) electrons. The maximum absolute atomic E-state index is 13.5. The number of halogens is 3. The van der Waals surface area contributed by atoms with Gasteiger partial charge in [-0.05, 0) is 31.4 Å². The Hall–Kier alpha value is -0.890. The second kappa shape index (κ2) is 5.14. The molecular weight excluding hydrogens is 332 g/mol.